The van der Waals surface area contributed by atoms with Gasteiger partial charge in [0.1, 0.15) is 0 Å². The number of pyridine rings is 1. The molecule has 0 unspecified atom stereocenters. The first kappa shape index (κ1) is 28.5. The minimum Gasteiger partial charge on any atom is -0.512 e. The van der Waals surface area contributed by atoms with Crippen LogP contribution in [0, 0.1) is 26.8 Å². The summed E-state index contributed by atoms with van der Waals surface area (Å²) in [4.78, 5) is 14.7. The monoisotopic (exact) mass is 635 g/mol. The Morgan fingerprint density at radius 1 is 1.12 bits per heavy atom. The number of nitrogens with zero attached hydrogens (tertiary/aromatic N) is 1. The number of fused-ring (bicyclic) bond motifs is 1. The average molecular weight is 635 g/mol. The van der Waals surface area contributed by atoms with Crippen LogP contribution in [0.5, 0.6) is 0 Å². The molecule has 0 amide bonds. The van der Waals surface area contributed by atoms with Crippen LogP contribution in [0.2, 0.25) is 0 Å². The molecule has 0 bridgehead atoms. The van der Waals surface area contributed by atoms with Crippen molar-refractivity contribution in [1.82, 2.24) is 4.98 Å². The van der Waals surface area contributed by atoms with E-state index in [1.807, 2.05) is 45.0 Å². The molecule has 1 radical (unpaired) electrons. The molecular formula is C26H27F3IrNO2-. The Balaban J connectivity index is 0.000000595. The van der Waals surface area contributed by atoms with Crippen molar-refractivity contribution < 1.29 is 43.2 Å². The molecule has 0 atom stereocenters. The van der Waals surface area contributed by atoms with Gasteiger partial charge in [0.05, 0.1) is 11.3 Å². The summed E-state index contributed by atoms with van der Waals surface area (Å²) in [6, 6.07) is 14.7. The molecule has 0 spiro atoms. The van der Waals surface area contributed by atoms with Crippen LogP contribution in [0.1, 0.15) is 42.5 Å². The topological polar surface area (TPSA) is 50.2 Å². The summed E-state index contributed by atoms with van der Waals surface area (Å²) in [5.74, 6) is -0.0625. The zero-order valence-electron chi connectivity index (χ0n) is 19.2. The van der Waals surface area contributed by atoms with Crippen molar-refractivity contribution >= 4 is 16.7 Å². The van der Waals surface area contributed by atoms with Gasteiger partial charge in [-0.1, -0.05) is 32.0 Å². The number of alkyl halides is 3. The molecule has 33 heavy (non-hydrogen) atoms. The molecule has 2 aromatic carbocycles. The molecule has 179 valence electrons. The average Bonchev–Trinajstić information content (AvgIpc) is 2.64. The third-order valence-corrected chi connectivity index (χ3v) is 4.63. The maximum atomic E-state index is 12.6. The minimum atomic E-state index is -4.16. The second-order valence-corrected chi connectivity index (χ2v) is 7.90. The molecule has 1 N–H and O–H groups in total. The number of ketones is 1. The van der Waals surface area contributed by atoms with Crippen LogP contribution in [0.25, 0.3) is 22.2 Å². The molecular weight excluding hydrogens is 608 g/mol. The summed E-state index contributed by atoms with van der Waals surface area (Å²) >= 11 is 0. The molecule has 1 heterocycles. The second-order valence-electron chi connectivity index (χ2n) is 7.90. The van der Waals surface area contributed by atoms with Crippen molar-refractivity contribution in [2.45, 2.75) is 53.6 Å². The van der Waals surface area contributed by atoms with Gasteiger partial charge in [0.2, 0.25) is 0 Å². The van der Waals surface area contributed by atoms with Crippen molar-refractivity contribution in [1.29, 1.82) is 0 Å². The predicted octanol–water partition coefficient (Wildman–Crippen LogP) is 7.16. The summed E-state index contributed by atoms with van der Waals surface area (Å²) in [5.41, 5.74) is 6.22. The van der Waals surface area contributed by atoms with Gasteiger partial charge in [0.15, 0.2) is 5.78 Å². The van der Waals surface area contributed by atoms with Gasteiger partial charge in [-0.15, -0.1) is 34.9 Å². The molecule has 1 aromatic heterocycles. The van der Waals surface area contributed by atoms with Crippen LogP contribution < -0.4 is 0 Å². The van der Waals surface area contributed by atoms with Crippen molar-refractivity contribution in [2.75, 3.05) is 0 Å². The van der Waals surface area contributed by atoms with Crippen LogP contribution in [-0.4, -0.2) is 22.1 Å². The summed E-state index contributed by atoms with van der Waals surface area (Å²) < 4.78 is 37.7. The third-order valence-electron chi connectivity index (χ3n) is 4.63. The van der Waals surface area contributed by atoms with Crippen LogP contribution in [-0.2, 0) is 31.3 Å². The second kappa shape index (κ2) is 12.1. The number of hydrogen-bond donors (Lipinski definition) is 1. The van der Waals surface area contributed by atoms with Gasteiger partial charge >= 0.3 is 6.18 Å². The maximum absolute atomic E-state index is 12.6. The third kappa shape index (κ3) is 9.10. The number of carbonyl (C=O) groups excluding carboxylic acids is 1. The fourth-order valence-electron chi connectivity index (χ4n) is 3.52. The molecule has 0 aliphatic carbocycles. The van der Waals surface area contributed by atoms with Crippen molar-refractivity contribution in [3.63, 3.8) is 0 Å². The molecule has 0 aliphatic heterocycles. The fraction of sp³-hybridized carbons (Fsp3) is 0.308. The minimum absolute atomic E-state index is 0. The first-order valence-electron chi connectivity index (χ1n) is 10.2. The van der Waals surface area contributed by atoms with E-state index in [0.717, 1.165) is 38.9 Å². The SMILES string of the molecule is CC(=O)/C=C(/C)O.Cc1[c-]c(-c2cc(C)c3c(CCC(F)(F)F)cccc3n2)cc(C)c1.[Ir]. The van der Waals surface area contributed by atoms with E-state index in [1.165, 1.54) is 19.9 Å². The van der Waals surface area contributed by atoms with Gasteiger partial charge in [-0.2, -0.15) is 13.2 Å². The van der Waals surface area contributed by atoms with Gasteiger partial charge in [-0.3, -0.25) is 9.78 Å². The number of benzene rings is 2. The Bertz CT molecular complexity index is 1130. The van der Waals surface area contributed by atoms with E-state index < -0.39 is 12.6 Å². The molecule has 0 fully saturated rings. The van der Waals surface area contributed by atoms with Crippen LogP contribution in [0.15, 0.2) is 48.2 Å². The first-order chi connectivity index (χ1) is 14.9. The summed E-state index contributed by atoms with van der Waals surface area (Å²) in [7, 11) is 0. The number of allylic oxidation sites excluding steroid dienone is 2. The van der Waals surface area contributed by atoms with Gasteiger partial charge in [-0.25, -0.2) is 0 Å². The number of aliphatic hydroxyl groups is 1. The van der Waals surface area contributed by atoms with E-state index in [1.54, 1.807) is 12.1 Å². The van der Waals surface area contributed by atoms with Crippen LogP contribution >= 0.6 is 0 Å². The van der Waals surface area contributed by atoms with Gasteiger partial charge < -0.3 is 5.11 Å². The Hall–Kier alpha value is -2.50. The van der Waals surface area contributed by atoms with Gasteiger partial charge in [0.25, 0.3) is 0 Å². The molecule has 0 saturated carbocycles. The summed E-state index contributed by atoms with van der Waals surface area (Å²) in [5, 5.41) is 9.18. The fourth-order valence-corrected chi connectivity index (χ4v) is 3.52. The number of rotatable bonds is 4. The van der Waals surface area contributed by atoms with Crippen molar-refractivity contribution in [3.8, 4) is 11.3 Å². The zero-order valence-corrected chi connectivity index (χ0v) is 21.6. The van der Waals surface area contributed by atoms with Crippen molar-refractivity contribution in [3.05, 3.63) is 76.6 Å². The Morgan fingerprint density at radius 2 is 1.79 bits per heavy atom. The van der Waals surface area contributed by atoms with E-state index in [4.69, 9.17) is 5.11 Å². The normalized spacial score (nSPS) is 11.5. The molecule has 0 saturated heterocycles. The molecule has 3 aromatic rings. The van der Waals surface area contributed by atoms with Gasteiger partial charge in [0, 0.05) is 38.0 Å². The first-order valence-corrected chi connectivity index (χ1v) is 10.2. The summed E-state index contributed by atoms with van der Waals surface area (Å²) in [6.45, 7) is 8.78. The largest absolute Gasteiger partial charge is 0.512 e. The van der Waals surface area contributed by atoms with E-state index >= 15 is 0 Å². The Labute approximate surface area is 206 Å². The molecule has 3 rings (SSSR count). The number of aromatic nitrogens is 1. The predicted molar refractivity (Wildman–Crippen MR) is 122 cm³/mol. The number of aliphatic hydroxyl groups excluding tert-OH is 1. The van der Waals surface area contributed by atoms with E-state index in [0.29, 0.717) is 5.56 Å². The van der Waals surface area contributed by atoms with E-state index in [2.05, 4.69) is 11.1 Å². The molecule has 3 nitrogen and oxygen atoms in total. The Kier molecular flexibility index (Phi) is 10.5. The standard InChI is InChI=1S/C21H19F3N.C5H8O2.Ir/c1-13-9-14(2)11-17(10-13)19-12-15(3)20-16(7-8-21(22,23)24)5-4-6-18(20)25-19;1-4(6)3-5(2)7;/h4-6,9-10,12H,7-8H2,1-3H3;3,6H,1-2H3;/q-1;;/b;4-3-;. The maximum Gasteiger partial charge on any atom is 0.389 e. The quantitative estimate of drug-likeness (QED) is 0.188. The number of aryl methyl sites for hydroxylation is 4. The van der Waals surface area contributed by atoms with E-state index in [9.17, 15) is 18.0 Å². The van der Waals surface area contributed by atoms with Crippen LogP contribution in [0.4, 0.5) is 13.2 Å². The van der Waals surface area contributed by atoms with Crippen molar-refractivity contribution in [2.24, 2.45) is 0 Å². The number of halogens is 3. The van der Waals surface area contributed by atoms with Crippen LogP contribution in [0.3, 0.4) is 0 Å². The van der Waals surface area contributed by atoms with E-state index in [-0.39, 0.29) is 38.1 Å². The molecule has 7 heteroatoms. The number of carbonyl (C=O) groups is 1. The Morgan fingerprint density at radius 3 is 2.30 bits per heavy atom. The molecule has 0 aliphatic rings. The smallest absolute Gasteiger partial charge is 0.389 e. The zero-order chi connectivity index (χ0) is 24.1. The summed E-state index contributed by atoms with van der Waals surface area (Å²) in [6.07, 6.45) is -3.84. The number of hydrogen-bond acceptors (Lipinski definition) is 3. The van der Waals surface area contributed by atoms with Gasteiger partial charge in [-0.05, 0) is 50.1 Å².